The van der Waals surface area contributed by atoms with E-state index in [1.165, 1.54) is 10.9 Å². The van der Waals surface area contributed by atoms with Crippen molar-refractivity contribution in [1.29, 1.82) is 0 Å². The van der Waals surface area contributed by atoms with Gasteiger partial charge in [-0.2, -0.15) is 5.10 Å². The van der Waals surface area contributed by atoms with E-state index in [4.69, 9.17) is 11.6 Å². The summed E-state index contributed by atoms with van der Waals surface area (Å²) in [5, 5.41) is 14.2. The molecule has 6 heteroatoms. The molecule has 0 radical (unpaired) electrons. The van der Waals surface area contributed by atoms with Gasteiger partial charge in [-0.3, -0.25) is 4.98 Å². The second-order valence-electron chi connectivity index (χ2n) is 4.33. The van der Waals surface area contributed by atoms with Gasteiger partial charge < -0.3 is 5.11 Å². The molecular formula is C15H10ClN3O2. The zero-order valence-electron chi connectivity index (χ0n) is 10.8. The highest BCUT2D eigenvalue weighted by Crippen LogP contribution is 2.25. The molecule has 2 heterocycles. The maximum atomic E-state index is 11.4. The fraction of sp³-hybridized carbons (Fsp3) is 0. The van der Waals surface area contributed by atoms with E-state index in [2.05, 4.69) is 10.1 Å². The number of rotatable bonds is 3. The Kier molecular flexibility index (Phi) is 3.41. The number of para-hydroxylation sites is 1. The number of aromatic carboxylic acids is 1. The van der Waals surface area contributed by atoms with Crippen molar-refractivity contribution in [3.63, 3.8) is 0 Å². The molecule has 0 amide bonds. The molecule has 2 aromatic heterocycles. The maximum absolute atomic E-state index is 11.4. The molecule has 3 rings (SSSR count). The summed E-state index contributed by atoms with van der Waals surface area (Å²) in [6, 6.07) is 10.6. The molecule has 0 saturated carbocycles. The van der Waals surface area contributed by atoms with Gasteiger partial charge in [0.05, 0.1) is 10.7 Å². The van der Waals surface area contributed by atoms with E-state index in [1.807, 2.05) is 6.07 Å². The first-order chi connectivity index (χ1) is 10.2. The Morgan fingerprint density at radius 1 is 1.19 bits per heavy atom. The van der Waals surface area contributed by atoms with E-state index in [0.29, 0.717) is 22.0 Å². The number of pyridine rings is 1. The number of nitrogens with zero attached hydrogens (tertiary/aromatic N) is 3. The molecule has 0 unspecified atom stereocenters. The third kappa shape index (κ3) is 2.51. The van der Waals surface area contributed by atoms with E-state index in [9.17, 15) is 9.90 Å². The number of halogens is 1. The summed E-state index contributed by atoms with van der Waals surface area (Å²) < 4.78 is 1.47. The van der Waals surface area contributed by atoms with Gasteiger partial charge in [0.1, 0.15) is 11.3 Å². The van der Waals surface area contributed by atoms with E-state index in [0.717, 1.165) is 0 Å². The van der Waals surface area contributed by atoms with Crippen LogP contribution in [0.5, 0.6) is 0 Å². The third-order valence-electron chi connectivity index (χ3n) is 2.98. The Hall–Kier alpha value is -2.66. The van der Waals surface area contributed by atoms with Crippen LogP contribution in [0.2, 0.25) is 5.02 Å². The number of carboxylic acid groups (broad SMARTS) is 1. The molecule has 0 spiro atoms. The molecule has 104 valence electrons. The molecule has 21 heavy (non-hydrogen) atoms. The first kappa shape index (κ1) is 13.3. The zero-order valence-corrected chi connectivity index (χ0v) is 11.5. The number of aromatic nitrogens is 3. The van der Waals surface area contributed by atoms with Crippen LogP contribution in [0, 0.1) is 0 Å². The predicted molar refractivity (Wildman–Crippen MR) is 78.8 cm³/mol. The van der Waals surface area contributed by atoms with Crippen molar-refractivity contribution in [3.8, 4) is 16.9 Å². The number of hydrogen-bond acceptors (Lipinski definition) is 3. The third-order valence-corrected chi connectivity index (χ3v) is 3.30. The van der Waals surface area contributed by atoms with Crippen molar-refractivity contribution in [2.75, 3.05) is 0 Å². The van der Waals surface area contributed by atoms with Crippen LogP contribution in [0.1, 0.15) is 10.4 Å². The van der Waals surface area contributed by atoms with Crippen LogP contribution in [0.4, 0.5) is 0 Å². The van der Waals surface area contributed by atoms with Crippen LogP contribution in [0.25, 0.3) is 16.9 Å². The lowest BCUT2D eigenvalue weighted by Gasteiger charge is -2.02. The Morgan fingerprint density at radius 3 is 2.67 bits per heavy atom. The molecule has 0 aliphatic rings. The molecule has 0 bridgehead atoms. The minimum absolute atomic E-state index is 0.0999. The molecule has 5 nitrogen and oxygen atoms in total. The second kappa shape index (κ2) is 5.38. The van der Waals surface area contributed by atoms with E-state index in [1.54, 1.807) is 42.7 Å². The molecule has 0 atom stereocenters. The maximum Gasteiger partial charge on any atom is 0.339 e. The Labute approximate surface area is 125 Å². The zero-order chi connectivity index (χ0) is 14.8. The normalized spacial score (nSPS) is 10.5. The summed E-state index contributed by atoms with van der Waals surface area (Å²) in [7, 11) is 0. The van der Waals surface area contributed by atoms with Gasteiger partial charge in [-0.1, -0.05) is 23.7 Å². The van der Waals surface area contributed by atoms with E-state index < -0.39 is 5.97 Å². The fourth-order valence-electron chi connectivity index (χ4n) is 2.01. The van der Waals surface area contributed by atoms with Crippen LogP contribution in [-0.4, -0.2) is 25.8 Å². The standard InChI is InChI=1S/C15H10ClN3O2/c16-12-5-1-2-6-13(12)19-9-11(15(20)21)14(18-19)10-4-3-7-17-8-10/h1-9H,(H,20,21). The Balaban J connectivity index is 2.18. The number of carboxylic acids is 1. The molecule has 3 aromatic rings. The molecule has 1 N–H and O–H groups in total. The lowest BCUT2D eigenvalue weighted by molar-refractivity contribution is 0.0697. The van der Waals surface area contributed by atoms with Crippen molar-refractivity contribution in [2.24, 2.45) is 0 Å². The van der Waals surface area contributed by atoms with E-state index >= 15 is 0 Å². The van der Waals surface area contributed by atoms with Crippen molar-refractivity contribution in [2.45, 2.75) is 0 Å². The Morgan fingerprint density at radius 2 is 2.00 bits per heavy atom. The molecule has 0 aliphatic carbocycles. The lowest BCUT2D eigenvalue weighted by atomic mass is 10.1. The summed E-state index contributed by atoms with van der Waals surface area (Å²) in [5.74, 6) is -1.05. The quantitative estimate of drug-likeness (QED) is 0.806. The molecule has 0 aliphatic heterocycles. The SMILES string of the molecule is O=C(O)c1cn(-c2ccccc2Cl)nc1-c1cccnc1. The average Bonchev–Trinajstić information content (AvgIpc) is 2.94. The van der Waals surface area contributed by atoms with Gasteiger partial charge in [0, 0.05) is 24.2 Å². The predicted octanol–water partition coefficient (Wildman–Crippen LogP) is 3.29. The van der Waals surface area contributed by atoms with Gasteiger partial charge >= 0.3 is 5.97 Å². The van der Waals surface area contributed by atoms with Crippen molar-refractivity contribution < 1.29 is 9.90 Å². The molecule has 1 aromatic carbocycles. The first-order valence-electron chi connectivity index (χ1n) is 6.15. The van der Waals surface area contributed by atoms with Gasteiger partial charge in [-0.05, 0) is 24.3 Å². The van der Waals surface area contributed by atoms with E-state index in [-0.39, 0.29) is 5.56 Å². The molecular weight excluding hydrogens is 290 g/mol. The van der Waals surface area contributed by atoms with Crippen LogP contribution in [0.3, 0.4) is 0 Å². The highest BCUT2D eigenvalue weighted by molar-refractivity contribution is 6.32. The van der Waals surface area contributed by atoms with Crippen LogP contribution in [-0.2, 0) is 0 Å². The summed E-state index contributed by atoms with van der Waals surface area (Å²) in [6.45, 7) is 0. The number of hydrogen-bond donors (Lipinski definition) is 1. The molecule has 0 fully saturated rings. The second-order valence-corrected chi connectivity index (χ2v) is 4.74. The van der Waals surface area contributed by atoms with Crippen LogP contribution < -0.4 is 0 Å². The van der Waals surface area contributed by atoms with Gasteiger partial charge in [-0.15, -0.1) is 0 Å². The number of benzene rings is 1. The van der Waals surface area contributed by atoms with Crippen LogP contribution in [0.15, 0.2) is 55.0 Å². The minimum atomic E-state index is -1.05. The van der Waals surface area contributed by atoms with Gasteiger partial charge in [-0.25, -0.2) is 9.48 Å². The molecule has 0 saturated heterocycles. The lowest BCUT2D eigenvalue weighted by Crippen LogP contribution is -1.96. The number of carbonyl (C=O) groups is 1. The Bertz CT molecular complexity index is 800. The fourth-order valence-corrected chi connectivity index (χ4v) is 2.23. The summed E-state index contributed by atoms with van der Waals surface area (Å²) in [4.78, 5) is 15.4. The summed E-state index contributed by atoms with van der Waals surface area (Å²) >= 11 is 6.13. The van der Waals surface area contributed by atoms with Gasteiger partial charge in [0.15, 0.2) is 0 Å². The smallest absolute Gasteiger partial charge is 0.339 e. The van der Waals surface area contributed by atoms with Crippen molar-refractivity contribution in [3.05, 3.63) is 65.6 Å². The van der Waals surface area contributed by atoms with Crippen LogP contribution >= 0.6 is 11.6 Å². The highest BCUT2D eigenvalue weighted by Gasteiger charge is 2.18. The van der Waals surface area contributed by atoms with Gasteiger partial charge in [0.2, 0.25) is 0 Å². The topological polar surface area (TPSA) is 68.0 Å². The average molecular weight is 300 g/mol. The van der Waals surface area contributed by atoms with Gasteiger partial charge in [0.25, 0.3) is 0 Å². The summed E-state index contributed by atoms with van der Waals surface area (Å²) in [5.41, 5.74) is 1.72. The first-order valence-corrected chi connectivity index (χ1v) is 6.53. The monoisotopic (exact) mass is 299 g/mol. The van der Waals surface area contributed by atoms with Crippen molar-refractivity contribution >= 4 is 17.6 Å². The van der Waals surface area contributed by atoms with Crippen molar-refractivity contribution in [1.82, 2.24) is 14.8 Å². The summed E-state index contributed by atoms with van der Waals surface area (Å²) in [6.07, 6.45) is 4.65. The highest BCUT2D eigenvalue weighted by atomic mass is 35.5. The largest absolute Gasteiger partial charge is 0.478 e. The minimum Gasteiger partial charge on any atom is -0.478 e.